The molecule has 5 heteroatoms. The van der Waals surface area contributed by atoms with Crippen molar-refractivity contribution in [3.63, 3.8) is 0 Å². The van der Waals surface area contributed by atoms with E-state index in [1.807, 2.05) is 38.2 Å². The second-order valence-corrected chi connectivity index (χ2v) is 4.81. The van der Waals surface area contributed by atoms with Gasteiger partial charge in [0.2, 0.25) is 0 Å². The summed E-state index contributed by atoms with van der Waals surface area (Å²) >= 11 is 0. The van der Waals surface area contributed by atoms with E-state index in [9.17, 15) is 4.39 Å². The van der Waals surface area contributed by atoms with Gasteiger partial charge in [-0.15, -0.1) is 0 Å². The van der Waals surface area contributed by atoms with Gasteiger partial charge in [0.05, 0.1) is 0 Å². The molecular formula is C15H19FN4. The fourth-order valence-corrected chi connectivity index (χ4v) is 2.13. The highest BCUT2D eigenvalue weighted by molar-refractivity contribution is 5.36. The molecule has 1 atom stereocenters. The molecule has 3 N–H and O–H groups in total. The number of halogens is 1. The summed E-state index contributed by atoms with van der Waals surface area (Å²) in [4.78, 5) is 6.15. The van der Waals surface area contributed by atoms with E-state index in [1.165, 1.54) is 6.07 Å². The molecule has 4 nitrogen and oxygen atoms in total. The van der Waals surface area contributed by atoms with Crippen LogP contribution in [0.2, 0.25) is 0 Å². The number of hydrogen-bond donors (Lipinski definition) is 2. The molecule has 1 heterocycles. The number of nitrogens with two attached hydrogens (primary N) is 1. The molecule has 0 aliphatic rings. The number of pyridine rings is 1. The van der Waals surface area contributed by atoms with Gasteiger partial charge in [-0.3, -0.25) is 4.90 Å². The molecule has 0 bridgehead atoms. The average molecular weight is 274 g/mol. The van der Waals surface area contributed by atoms with E-state index >= 15 is 0 Å². The first-order valence-corrected chi connectivity index (χ1v) is 6.48. The molecule has 0 fully saturated rings. The summed E-state index contributed by atoms with van der Waals surface area (Å²) in [6.45, 7) is 2.67. The Morgan fingerprint density at radius 2 is 2.10 bits per heavy atom. The number of anilines is 1. The standard InChI is InChI=1S/C15H19FN4/c1-11(13-5-3-4-6-14(13)16)20(2)10-12-7-8-18-15(9-12)19-17/h3-9,11H,10,17H2,1-2H3,(H,18,19). The fourth-order valence-electron chi connectivity index (χ4n) is 2.13. The predicted molar refractivity (Wildman–Crippen MR) is 78.3 cm³/mol. The van der Waals surface area contributed by atoms with Gasteiger partial charge >= 0.3 is 0 Å². The summed E-state index contributed by atoms with van der Waals surface area (Å²) < 4.78 is 13.8. The van der Waals surface area contributed by atoms with Crippen molar-refractivity contribution in [3.8, 4) is 0 Å². The molecule has 0 amide bonds. The summed E-state index contributed by atoms with van der Waals surface area (Å²) in [5.41, 5.74) is 4.28. The second kappa shape index (κ2) is 6.45. The van der Waals surface area contributed by atoms with Crippen molar-refractivity contribution < 1.29 is 4.39 Å². The van der Waals surface area contributed by atoms with Gasteiger partial charge in [0.15, 0.2) is 0 Å². The Morgan fingerprint density at radius 1 is 1.35 bits per heavy atom. The zero-order valence-electron chi connectivity index (χ0n) is 11.7. The lowest BCUT2D eigenvalue weighted by Crippen LogP contribution is -2.23. The largest absolute Gasteiger partial charge is 0.308 e. The van der Waals surface area contributed by atoms with E-state index in [1.54, 1.807) is 12.3 Å². The Kier molecular flexibility index (Phi) is 4.65. The van der Waals surface area contributed by atoms with Crippen LogP contribution in [0.4, 0.5) is 10.2 Å². The molecule has 2 rings (SSSR count). The third-order valence-electron chi connectivity index (χ3n) is 3.42. The second-order valence-electron chi connectivity index (χ2n) is 4.81. The minimum Gasteiger partial charge on any atom is -0.308 e. The lowest BCUT2D eigenvalue weighted by Gasteiger charge is -2.25. The van der Waals surface area contributed by atoms with Crippen LogP contribution in [0.25, 0.3) is 0 Å². The lowest BCUT2D eigenvalue weighted by atomic mass is 10.1. The summed E-state index contributed by atoms with van der Waals surface area (Å²) in [5.74, 6) is 5.79. The molecule has 0 radical (unpaired) electrons. The van der Waals surface area contributed by atoms with Crippen LogP contribution in [-0.2, 0) is 6.54 Å². The first kappa shape index (κ1) is 14.4. The summed E-state index contributed by atoms with van der Waals surface area (Å²) in [5, 5.41) is 0. The van der Waals surface area contributed by atoms with Gasteiger partial charge in [-0.25, -0.2) is 15.2 Å². The Balaban J connectivity index is 2.11. The third-order valence-corrected chi connectivity index (χ3v) is 3.42. The van der Waals surface area contributed by atoms with Crippen molar-refractivity contribution in [1.29, 1.82) is 0 Å². The van der Waals surface area contributed by atoms with Crippen molar-refractivity contribution in [2.45, 2.75) is 19.5 Å². The number of nitrogens with zero attached hydrogens (tertiary/aromatic N) is 2. The van der Waals surface area contributed by atoms with Crippen LogP contribution < -0.4 is 11.3 Å². The third kappa shape index (κ3) is 3.31. The zero-order valence-corrected chi connectivity index (χ0v) is 11.7. The molecule has 20 heavy (non-hydrogen) atoms. The van der Waals surface area contributed by atoms with Gasteiger partial charge in [0, 0.05) is 24.3 Å². The highest BCUT2D eigenvalue weighted by Crippen LogP contribution is 2.23. The van der Waals surface area contributed by atoms with Crippen LogP contribution in [-0.4, -0.2) is 16.9 Å². The van der Waals surface area contributed by atoms with Crippen LogP contribution in [0.15, 0.2) is 42.6 Å². The SMILES string of the molecule is CC(c1ccccc1F)N(C)Cc1ccnc(NN)c1. The average Bonchev–Trinajstić information content (AvgIpc) is 2.47. The summed E-state index contributed by atoms with van der Waals surface area (Å²) in [6.07, 6.45) is 1.70. The number of hydrogen-bond acceptors (Lipinski definition) is 4. The minimum absolute atomic E-state index is 0.0151. The molecule has 0 saturated carbocycles. The number of nitrogens with one attached hydrogen (secondary N) is 1. The number of nitrogen functional groups attached to an aromatic ring is 1. The van der Waals surface area contributed by atoms with Crippen molar-refractivity contribution in [2.24, 2.45) is 5.84 Å². The summed E-state index contributed by atoms with van der Waals surface area (Å²) in [7, 11) is 1.97. The van der Waals surface area contributed by atoms with E-state index < -0.39 is 0 Å². The van der Waals surface area contributed by atoms with E-state index in [2.05, 4.69) is 15.3 Å². The van der Waals surface area contributed by atoms with Gasteiger partial charge in [0.1, 0.15) is 11.6 Å². The Labute approximate surface area is 118 Å². The van der Waals surface area contributed by atoms with Gasteiger partial charge in [-0.1, -0.05) is 18.2 Å². The lowest BCUT2D eigenvalue weighted by molar-refractivity contribution is 0.248. The fraction of sp³-hybridized carbons (Fsp3) is 0.267. The number of aromatic nitrogens is 1. The smallest absolute Gasteiger partial charge is 0.140 e. The molecule has 1 aromatic heterocycles. The predicted octanol–water partition coefficient (Wildman–Crippen LogP) is 2.70. The number of benzene rings is 1. The first-order chi connectivity index (χ1) is 9.61. The molecule has 0 aliphatic carbocycles. The quantitative estimate of drug-likeness (QED) is 0.650. The highest BCUT2D eigenvalue weighted by atomic mass is 19.1. The van der Waals surface area contributed by atoms with E-state index in [0.717, 1.165) is 5.56 Å². The van der Waals surface area contributed by atoms with E-state index in [-0.39, 0.29) is 11.9 Å². The maximum atomic E-state index is 13.8. The number of rotatable bonds is 5. The normalized spacial score (nSPS) is 12.4. The van der Waals surface area contributed by atoms with Crippen LogP contribution in [0.5, 0.6) is 0 Å². The Hall–Kier alpha value is -1.98. The van der Waals surface area contributed by atoms with Crippen LogP contribution in [0, 0.1) is 5.82 Å². The van der Waals surface area contributed by atoms with Crippen molar-refractivity contribution in [2.75, 3.05) is 12.5 Å². The molecule has 0 spiro atoms. The topological polar surface area (TPSA) is 54.2 Å². The van der Waals surface area contributed by atoms with Gasteiger partial charge in [-0.2, -0.15) is 0 Å². The Bertz CT molecular complexity index is 573. The van der Waals surface area contributed by atoms with Gasteiger partial charge in [-0.05, 0) is 37.7 Å². The molecule has 2 aromatic rings. The molecule has 0 saturated heterocycles. The molecule has 1 aromatic carbocycles. The molecule has 1 unspecified atom stereocenters. The van der Waals surface area contributed by atoms with Crippen LogP contribution in [0.1, 0.15) is 24.1 Å². The van der Waals surface area contributed by atoms with Crippen molar-refractivity contribution >= 4 is 5.82 Å². The highest BCUT2D eigenvalue weighted by Gasteiger charge is 2.15. The molecule has 0 aliphatic heterocycles. The maximum absolute atomic E-state index is 13.8. The van der Waals surface area contributed by atoms with Crippen molar-refractivity contribution in [3.05, 3.63) is 59.5 Å². The minimum atomic E-state index is -0.175. The van der Waals surface area contributed by atoms with Crippen LogP contribution in [0.3, 0.4) is 0 Å². The maximum Gasteiger partial charge on any atom is 0.140 e. The van der Waals surface area contributed by atoms with Crippen molar-refractivity contribution in [1.82, 2.24) is 9.88 Å². The number of hydrazine groups is 1. The Morgan fingerprint density at radius 3 is 2.80 bits per heavy atom. The van der Waals surface area contributed by atoms with E-state index in [4.69, 9.17) is 5.84 Å². The monoisotopic (exact) mass is 274 g/mol. The zero-order chi connectivity index (χ0) is 14.5. The summed E-state index contributed by atoms with van der Waals surface area (Å²) in [6, 6.07) is 10.6. The van der Waals surface area contributed by atoms with Gasteiger partial charge in [0.25, 0.3) is 0 Å². The molecular weight excluding hydrogens is 255 g/mol. The first-order valence-electron chi connectivity index (χ1n) is 6.48. The van der Waals surface area contributed by atoms with Gasteiger partial charge < -0.3 is 5.43 Å². The molecule has 106 valence electrons. The van der Waals surface area contributed by atoms with Crippen LogP contribution >= 0.6 is 0 Å². The van der Waals surface area contributed by atoms with E-state index in [0.29, 0.717) is 17.9 Å².